The first-order valence-corrected chi connectivity index (χ1v) is 5.07. The molecule has 0 N–H and O–H groups in total. The van der Waals surface area contributed by atoms with E-state index in [0.717, 1.165) is 12.8 Å². The van der Waals surface area contributed by atoms with E-state index in [1.54, 1.807) is 6.40 Å². The van der Waals surface area contributed by atoms with E-state index < -0.39 is 0 Å². The summed E-state index contributed by atoms with van der Waals surface area (Å²) in [5.74, 6) is 0. The van der Waals surface area contributed by atoms with Crippen molar-refractivity contribution in [3.8, 4) is 0 Å². The fraction of sp³-hybridized carbons (Fsp3) is 0.417. The van der Waals surface area contributed by atoms with Gasteiger partial charge in [0.1, 0.15) is 6.10 Å². The van der Waals surface area contributed by atoms with Gasteiger partial charge in [-0.05, 0) is 25.3 Å². The lowest BCUT2D eigenvalue weighted by atomic mass is 10.0. The van der Waals surface area contributed by atoms with E-state index in [4.69, 9.17) is 4.74 Å². The molecule has 1 aromatic carbocycles. The Kier molecular flexibility index (Phi) is 2.82. The van der Waals surface area contributed by atoms with Crippen molar-refractivity contribution in [2.45, 2.75) is 31.9 Å². The summed E-state index contributed by atoms with van der Waals surface area (Å²) in [6.45, 7) is 2.07. The van der Waals surface area contributed by atoms with Gasteiger partial charge in [-0.2, -0.15) is 0 Å². The number of aliphatic imine (C=N–C) groups is 1. The largest absolute Gasteiger partial charge is 0.478 e. The summed E-state index contributed by atoms with van der Waals surface area (Å²) in [6, 6.07) is 10.9. The van der Waals surface area contributed by atoms with E-state index in [-0.39, 0.29) is 6.10 Å². The molecule has 1 aliphatic rings. The van der Waals surface area contributed by atoms with Crippen LogP contribution in [0.3, 0.4) is 0 Å². The van der Waals surface area contributed by atoms with Gasteiger partial charge in [-0.3, -0.25) is 4.99 Å². The number of hydrogen-bond acceptors (Lipinski definition) is 2. The van der Waals surface area contributed by atoms with Crippen LogP contribution in [-0.4, -0.2) is 18.5 Å². The van der Waals surface area contributed by atoms with Crippen LogP contribution in [0.2, 0.25) is 0 Å². The zero-order valence-electron chi connectivity index (χ0n) is 8.39. The van der Waals surface area contributed by atoms with Crippen molar-refractivity contribution in [3.63, 3.8) is 0 Å². The van der Waals surface area contributed by atoms with E-state index in [9.17, 15) is 0 Å². The Hall–Kier alpha value is -1.31. The van der Waals surface area contributed by atoms with Crippen LogP contribution in [0.4, 0.5) is 0 Å². The van der Waals surface area contributed by atoms with Gasteiger partial charge in [0.25, 0.3) is 0 Å². The summed E-state index contributed by atoms with van der Waals surface area (Å²) in [6.07, 6.45) is 3.98. The zero-order chi connectivity index (χ0) is 9.80. The number of rotatable bonds is 3. The van der Waals surface area contributed by atoms with Crippen LogP contribution in [0.1, 0.15) is 18.9 Å². The van der Waals surface area contributed by atoms with Crippen molar-refractivity contribution >= 4 is 6.40 Å². The molecule has 0 fully saturated rings. The highest BCUT2D eigenvalue weighted by atomic mass is 16.5. The maximum atomic E-state index is 5.26. The Balaban J connectivity index is 1.86. The molecule has 0 saturated carbocycles. The van der Waals surface area contributed by atoms with E-state index >= 15 is 0 Å². The van der Waals surface area contributed by atoms with Crippen molar-refractivity contribution in [3.05, 3.63) is 35.9 Å². The summed E-state index contributed by atoms with van der Waals surface area (Å²) >= 11 is 0. The van der Waals surface area contributed by atoms with Crippen LogP contribution in [0, 0.1) is 0 Å². The second kappa shape index (κ2) is 4.27. The molecule has 0 aliphatic carbocycles. The maximum Gasteiger partial charge on any atom is 0.170 e. The first-order valence-electron chi connectivity index (χ1n) is 5.07. The quantitative estimate of drug-likeness (QED) is 0.715. The standard InChI is InChI=1S/C12H15NO/c1-10-12(13-9-14-10)8-7-11-5-3-2-4-6-11/h2-6,9-10,12H,7-8H2,1H3. The molecule has 14 heavy (non-hydrogen) atoms. The van der Waals surface area contributed by atoms with Crippen molar-refractivity contribution in [1.29, 1.82) is 0 Å². The second-order valence-corrected chi connectivity index (χ2v) is 3.69. The summed E-state index contributed by atoms with van der Waals surface area (Å²) < 4.78 is 5.26. The van der Waals surface area contributed by atoms with Gasteiger partial charge in [0.2, 0.25) is 0 Å². The van der Waals surface area contributed by atoms with Crippen LogP contribution in [0.15, 0.2) is 35.3 Å². The molecule has 0 bridgehead atoms. The van der Waals surface area contributed by atoms with Crippen molar-refractivity contribution in [2.75, 3.05) is 0 Å². The third-order valence-corrected chi connectivity index (χ3v) is 2.64. The fourth-order valence-electron chi connectivity index (χ4n) is 1.69. The Morgan fingerprint density at radius 3 is 2.71 bits per heavy atom. The van der Waals surface area contributed by atoms with Crippen LogP contribution in [0.25, 0.3) is 0 Å². The van der Waals surface area contributed by atoms with Crippen LogP contribution in [-0.2, 0) is 11.2 Å². The lowest BCUT2D eigenvalue weighted by molar-refractivity contribution is 0.216. The molecule has 0 aromatic heterocycles. The molecule has 1 heterocycles. The number of hydrogen-bond donors (Lipinski definition) is 0. The molecule has 0 amide bonds. The highest BCUT2D eigenvalue weighted by Gasteiger charge is 2.20. The molecular formula is C12H15NO. The molecule has 0 spiro atoms. The Morgan fingerprint density at radius 1 is 1.29 bits per heavy atom. The molecule has 2 heteroatoms. The van der Waals surface area contributed by atoms with Crippen molar-refractivity contribution in [2.24, 2.45) is 4.99 Å². The minimum Gasteiger partial charge on any atom is -0.478 e. The molecule has 2 rings (SSSR count). The summed E-state index contributed by atoms with van der Waals surface area (Å²) in [4.78, 5) is 4.28. The first kappa shape index (κ1) is 9.25. The maximum absolute atomic E-state index is 5.26. The molecule has 2 unspecified atom stereocenters. The third-order valence-electron chi connectivity index (χ3n) is 2.64. The summed E-state index contributed by atoms with van der Waals surface area (Å²) in [7, 11) is 0. The van der Waals surface area contributed by atoms with E-state index in [1.807, 2.05) is 6.07 Å². The molecular weight excluding hydrogens is 174 g/mol. The second-order valence-electron chi connectivity index (χ2n) is 3.69. The Morgan fingerprint density at radius 2 is 2.07 bits per heavy atom. The highest BCUT2D eigenvalue weighted by molar-refractivity contribution is 5.49. The SMILES string of the molecule is CC1OC=NC1CCc1ccccc1. The van der Waals surface area contributed by atoms with Crippen LogP contribution in [0.5, 0.6) is 0 Å². The fourth-order valence-corrected chi connectivity index (χ4v) is 1.69. The van der Waals surface area contributed by atoms with Gasteiger partial charge in [0.05, 0.1) is 6.04 Å². The van der Waals surface area contributed by atoms with Gasteiger partial charge < -0.3 is 4.74 Å². The third kappa shape index (κ3) is 2.13. The average Bonchev–Trinajstić information content (AvgIpc) is 2.63. The lowest BCUT2D eigenvalue weighted by Crippen LogP contribution is -2.18. The molecule has 0 radical (unpaired) electrons. The smallest absolute Gasteiger partial charge is 0.170 e. The molecule has 1 aliphatic heterocycles. The van der Waals surface area contributed by atoms with Crippen molar-refractivity contribution in [1.82, 2.24) is 0 Å². The van der Waals surface area contributed by atoms with Crippen LogP contribution >= 0.6 is 0 Å². The number of nitrogens with zero attached hydrogens (tertiary/aromatic N) is 1. The van der Waals surface area contributed by atoms with E-state index in [1.165, 1.54) is 5.56 Å². The molecule has 2 atom stereocenters. The lowest BCUT2D eigenvalue weighted by Gasteiger charge is -2.11. The summed E-state index contributed by atoms with van der Waals surface area (Å²) in [5.41, 5.74) is 1.38. The predicted molar refractivity (Wildman–Crippen MR) is 57.6 cm³/mol. The Labute approximate surface area is 84.6 Å². The normalized spacial score (nSPS) is 24.9. The van der Waals surface area contributed by atoms with Gasteiger partial charge in [-0.25, -0.2) is 0 Å². The zero-order valence-corrected chi connectivity index (χ0v) is 8.39. The average molecular weight is 189 g/mol. The molecule has 74 valence electrons. The number of benzene rings is 1. The van der Waals surface area contributed by atoms with Gasteiger partial charge in [-0.1, -0.05) is 30.3 Å². The number of ether oxygens (including phenoxy) is 1. The number of aryl methyl sites for hydroxylation is 1. The molecule has 2 nitrogen and oxygen atoms in total. The van der Waals surface area contributed by atoms with Gasteiger partial charge in [0.15, 0.2) is 6.40 Å². The predicted octanol–water partition coefficient (Wildman–Crippen LogP) is 2.43. The minimum absolute atomic E-state index is 0.249. The van der Waals surface area contributed by atoms with Crippen LogP contribution < -0.4 is 0 Å². The van der Waals surface area contributed by atoms with E-state index in [2.05, 4.69) is 36.2 Å². The van der Waals surface area contributed by atoms with Gasteiger partial charge in [0, 0.05) is 0 Å². The molecule has 1 aromatic rings. The first-order chi connectivity index (χ1) is 6.86. The summed E-state index contributed by atoms with van der Waals surface area (Å²) in [5, 5.41) is 0. The molecule has 0 saturated heterocycles. The Bertz CT molecular complexity index is 307. The topological polar surface area (TPSA) is 21.6 Å². The van der Waals surface area contributed by atoms with E-state index in [0.29, 0.717) is 6.04 Å². The van der Waals surface area contributed by atoms with Gasteiger partial charge in [-0.15, -0.1) is 0 Å². The monoisotopic (exact) mass is 189 g/mol. The van der Waals surface area contributed by atoms with Crippen molar-refractivity contribution < 1.29 is 4.74 Å². The van der Waals surface area contributed by atoms with Gasteiger partial charge >= 0.3 is 0 Å². The minimum atomic E-state index is 0.249. The highest BCUT2D eigenvalue weighted by Crippen LogP contribution is 2.15.